The highest BCUT2D eigenvalue weighted by molar-refractivity contribution is 8.00. The number of sulfonamides is 1. The SMILES string of the molecule is COc1ccc(NS(=O)(=O)c2ccc(NC(=O)CSc3ccc(OC)cc3)cc2)cc1. The molecule has 0 radical (unpaired) electrons. The van der Waals surface area contributed by atoms with Gasteiger partial charge in [0, 0.05) is 16.3 Å². The van der Waals surface area contributed by atoms with E-state index in [2.05, 4.69) is 10.0 Å². The molecule has 0 unspecified atom stereocenters. The van der Waals surface area contributed by atoms with Gasteiger partial charge in [-0.15, -0.1) is 11.8 Å². The molecule has 0 bridgehead atoms. The molecule has 7 nitrogen and oxygen atoms in total. The topological polar surface area (TPSA) is 93.7 Å². The summed E-state index contributed by atoms with van der Waals surface area (Å²) in [7, 11) is -0.611. The fourth-order valence-electron chi connectivity index (χ4n) is 2.61. The quantitative estimate of drug-likeness (QED) is 0.466. The predicted molar refractivity (Wildman–Crippen MR) is 123 cm³/mol. The zero-order valence-corrected chi connectivity index (χ0v) is 18.6. The molecule has 0 saturated heterocycles. The Morgan fingerprint density at radius 1 is 0.806 bits per heavy atom. The third-order valence-corrected chi connectivity index (χ3v) is 6.63. The van der Waals surface area contributed by atoms with Crippen LogP contribution in [0, 0.1) is 0 Å². The van der Waals surface area contributed by atoms with Crippen LogP contribution in [0.5, 0.6) is 11.5 Å². The first-order valence-corrected chi connectivity index (χ1v) is 11.7. The molecule has 2 N–H and O–H groups in total. The number of thioether (sulfide) groups is 1. The van der Waals surface area contributed by atoms with Crippen molar-refractivity contribution < 1.29 is 22.7 Å². The Kier molecular flexibility index (Phi) is 7.43. The molecular weight excluding hydrogens is 436 g/mol. The molecule has 0 spiro atoms. The zero-order chi connectivity index (χ0) is 22.3. The molecule has 0 aliphatic carbocycles. The maximum absolute atomic E-state index is 12.6. The maximum atomic E-state index is 12.6. The van der Waals surface area contributed by atoms with E-state index in [1.807, 2.05) is 24.3 Å². The van der Waals surface area contributed by atoms with Crippen molar-refractivity contribution >= 4 is 39.1 Å². The van der Waals surface area contributed by atoms with Gasteiger partial charge in [0.15, 0.2) is 0 Å². The highest BCUT2D eigenvalue weighted by atomic mass is 32.2. The average Bonchev–Trinajstić information content (AvgIpc) is 2.78. The lowest BCUT2D eigenvalue weighted by atomic mass is 10.3. The van der Waals surface area contributed by atoms with E-state index in [0.717, 1.165) is 10.6 Å². The first-order chi connectivity index (χ1) is 14.9. The molecule has 0 atom stereocenters. The number of benzene rings is 3. The van der Waals surface area contributed by atoms with E-state index in [1.54, 1.807) is 43.5 Å². The zero-order valence-electron chi connectivity index (χ0n) is 17.0. The van der Waals surface area contributed by atoms with Crippen molar-refractivity contribution in [2.24, 2.45) is 0 Å². The molecule has 0 aliphatic rings. The van der Waals surface area contributed by atoms with Crippen LogP contribution in [0.4, 0.5) is 11.4 Å². The molecule has 162 valence electrons. The van der Waals surface area contributed by atoms with Gasteiger partial charge in [-0.05, 0) is 72.8 Å². The van der Waals surface area contributed by atoms with Crippen LogP contribution >= 0.6 is 11.8 Å². The van der Waals surface area contributed by atoms with Crippen molar-refractivity contribution in [3.8, 4) is 11.5 Å². The summed E-state index contributed by atoms with van der Waals surface area (Å²) in [5.74, 6) is 1.43. The smallest absolute Gasteiger partial charge is 0.261 e. The van der Waals surface area contributed by atoms with Crippen LogP contribution in [0.2, 0.25) is 0 Å². The van der Waals surface area contributed by atoms with E-state index in [-0.39, 0.29) is 16.6 Å². The number of hydrogen-bond acceptors (Lipinski definition) is 6. The minimum absolute atomic E-state index is 0.0916. The number of anilines is 2. The molecule has 3 aromatic carbocycles. The lowest BCUT2D eigenvalue weighted by Crippen LogP contribution is -2.15. The third kappa shape index (κ3) is 6.40. The van der Waals surface area contributed by atoms with Crippen molar-refractivity contribution in [2.75, 3.05) is 30.0 Å². The summed E-state index contributed by atoms with van der Waals surface area (Å²) < 4.78 is 37.8. The molecular formula is C22H22N2O5S2. The number of carbonyl (C=O) groups excluding carboxylic acids is 1. The number of nitrogens with one attached hydrogen (secondary N) is 2. The second-order valence-corrected chi connectivity index (χ2v) is 9.10. The van der Waals surface area contributed by atoms with E-state index in [4.69, 9.17) is 9.47 Å². The number of rotatable bonds is 9. The van der Waals surface area contributed by atoms with Gasteiger partial charge in [-0.2, -0.15) is 0 Å². The maximum Gasteiger partial charge on any atom is 0.261 e. The van der Waals surface area contributed by atoms with Crippen LogP contribution in [0.25, 0.3) is 0 Å². The second-order valence-electron chi connectivity index (χ2n) is 6.37. The van der Waals surface area contributed by atoms with Gasteiger partial charge in [-0.25, -0.2) is 8.42 Å². The van der Waals surface area contributed by atoms with Gasteiger partial charge in [0.05, 0.1) is 24.9 Å². The highest BCUT2D eigenvalue weighted by Gasteiger charge is 2.14. The Labute approximate surface area is 185 Å². The summed E-state index contributed by atoms with van der Waals surface area (Å²) in [6.07, 6.45) is 0. The lowest BCUT2D eigenvalue weighted by Gasteiger charge is -2.10. The molecule has 0 aromatic heterocycles. The van der Waals surface area contributed by atoms with Crippen LogP contribution in [0.15, 0.2) is 82.6 Å². The largest absolute Gasteiger partial charge is 0.497 e. The predicted octanol–water partition coefficient (Wildman–Crippen LogP) is 4.24. The van der Waals surface area contributed by atoms with Gasteiger partial charge in [0.25, 0.3) is 10.0 Å². The number of methoxy groups -OCH3 is 2. The van der Waals surface area contributed by atoms with Crippen molar-refractivity contribution in [2.45, 2.75) is 9.79 Å². The number of hydrogen-bond donors (Lipinski definition) is 2. The summed E-state index contributed by atoms with van der Waals surface area (Å²) in [6.45, 7) is 0. The lowest BCUT2D eigenvalue weighted by molar-refractivity contribution is -0.113. The molecule has 1 amide bonds. The standard InChI is InChI=1S/C22H22N2O5S2/c1-28-18-7-3-17(4-8-18)24-31(26,27)21-13-5-16(6-14-21)23-22(25)15-30-20-11-9-19(29-2)10-12-20/h3-14,24H,15H2,1-2H3,(H,23,25). The molecule has 3 rings (SSSR count). The van der Waals surface area contributed by atoms with Crippen LogP contribution < -0.4 is 19.5 Å². The van der Waals surface area contributed by atoms with Crippen LogP contribution in [0.3, 0.4) is 0 Å². The van der Waals surface area contributed by atoms with Crippen molar-refractivity contribution in [3.05, 3.63) is 72.8 Å². The van der Waals surface area contributed by atoms with E-state index < -0.39 is 10.0 Å². The molecule has 3 aromatic rings. The van der Waals surface area contributed by atoms with E-state index in [1.165, 1.54) is 31.0 Å². The van der Waals surface area contributed by atoms with Crippen LogP contribution in [-0.2, 0) is 14.8 Å². The van der Waals surface area contributed by atoms with Crippen molar-refractivity contribution in [1.29, 1.82) is 0 Å². The fourth-order valence-corrected chi connectivity index (χ4v) is 4.37. The Morgan fingerprint density at radius 2 is 1.32 bits per heavy atom. The molecule has 9 heteroatoms. The molecule has 0 saturated carbocycles. The Morgan fingerprint density at radius 3 is 1.87 bits per heavy atom. The third-order valence-electron chi connectivity index (χ3n) is 4.22. The minimum Gasteiger partial charge on any atom is -0.497 e. The summed E-state index contributed by atoms with van der Waals surface area (Å²) >= 11 is 1.40. The van der Waals surface area contributed by atoms with Gasteiger partial charge in [0.1, 0.15) is 11.5 Å². The number of ether oxygens (including phenoxy) is 2. The molecule has 0 aliphatic heterocycles. The number of carbonyl (C=O) groups is 1. The average molecular weight is 459 g/mol. The van der Waals surface area contributed by atoms with Gasteiger partial charge < -0.3 is 14.8 Å². The highest BCUT2D eigenvalue weighted by Crippen LogP contribution is 2.23. The summed E-state index contributed by atoms with van der Waals surface area (Å²) in [5, 5.41) is 2.76. The first kappa shape index (κ1) is 22.5. The second kappa shape index (κ2) is 10.2. The Balaban J connectivity index is 1.56. The molecule has 0 heterocycles. The van der Waals surface area contributed by atoms with Gasteiger partial charge in [-0.1, -0.05) is 0 Å². The van der Waals surface area contributed by atoms with Crippen LogP contribution in [-0.4, -0.2) is 34.3 Å². The molecule has 0 fully saturated rings. The van der Waals surface area contributed by atoms with Gasteiger partial charge in [0.2, 0.25) is 5.91 Å². The summed E-state index contributed by atoms with van der Waals surface area (Å²) in [5.41, 5.74) is 0.942. The summed E-state index contributed by atoms with van der Waals surface area (Å²) in [6, 6.07) is 20.0. The summed E-state index contributed by atoms with van der Waals surface area (Å²) in [4.78, 5) is 13.2. The van der Waals surface area contributed by atoms with E-state index in [9.17, 15) is 13.2 Å². The number of amides is 1. The van der Waals surface area contributed by atoms with E-state index >= 15 is 0 Å². The van der Waals surface area contributed by atoms with Gasteiger partial charge in [-0.3, -0.25) is 9.52 Å². The van der Waals surface area contributed by atoms with Gasteiger partial charge >= 0.3 is 0 Å². The molecule has 31 heavy (non-hydrogen) atoms. The fraction of sp³-hybridized carbons (Fsp3) is 0.136. The Hall–Kier alpha value is -3.17. The van der Waals surface area contributed by atoms with Crippen molar-refractivity contribution in [3.63, 3.8) is 0 Å². The Bertz CT molecular complexity index is 1110. The first-order valence-electron chi connectivity index (χ1n) is 9.23. The monoisotopic (exact) mass is 458 g/mol. The van der Waals surface area contributed by atoms with E-state index in [0.29, 0.717) is 17.1 Å². The van der Waals surface area contributed by atoms with Crippen LogP contribution in [0.1, 0.15) is 0 Å². The minimum atomic E-state index is -3.75. The normalized spacial score (nSPS) is 10.9. The van der Waals surface area contributed by atoms with Crippen molar-refractivity contribution in [1.82, 2.24) is 0 Å².